The van der Waals surface area contributed by atoms with Crippen molar-refractivity contribution in [3.05, 3.63) is 48.0 Å². The maximum Gasteiger partial charge on any atom is 0.294 e. The molecule has 13 heteroatoms. The van der Waals surface area contributed by atoms with E-state index >= 15 is 0 Å². The van der Waals surface area contributed by atoms with Crippen LogP contribution in [0.25, 0.3) is 0 Å². The molecule has 0 bridgehead atoms. The fourth-order valence-electron chi connectivity index (χ4n) is 2.05. The summed E-state index contributed by atoms with van der Waals surface area (Å²) >= 11 is 0. The molecule has 0 N–H and O–H groups in total. The molecular formula is C14H17N5O7S. The molecular weight excluding hydrogens is 382 g/mol. The first-order valence-corrected chi connectivity index (χ1v) is 8.59. The number of hydrogen-bond acceptors (Lipinski definition) is 11. The van der Waals surface area contributed by atoms with Gasteiger partial charge in [0, 0.05) is 32.6 Å². The number of nitro groups is 1. The zero-order chi connectivity index (χ0) is 19.2. The van der Waals surface area contributed by atoms with Gasteiger partial charge in [-0.2, -0.15) is 0 Å². The third kappa shape index (κ3) is 6.65. The molecule has 1 aromatic heterocycles. The maximum atomic E-state index is 11.4. The maximum absolute atomic E-state index is 11.4. The van der Waals surface area contributed by atoms with E-state index in [1.807, 2.05) is 0 Å². The topological polar surface area (TPSA) is 164 Å². The number of nitro benzene ring substituents is 1. The molecule has 0 aliphatic heterocycles. The Bertz CT molecular complexity index is 883. The number of azo groups is 1. The Kier molecular flexibility index (Phi) is 7.83. The summed E-state index contributed by atoms with van der Waals surface area (Å²) in [4.78, 5) is 12.3. The molecule has 1 aromatic carbocycles. The summed E-state index contributed by atoms with van der Waals surface area (Å²) in [6, 6.07) is 5.62. The van der Waals surface area contributed by atoms with E-state index in [1.54, 1.807) is 6.92 Å². The second-order valence-electron chi connectivity index (χ2n) is 4.79. The fourth-order valence-corrected chi connectivity index (χ4v) is 2.33. The quantitative estimate of drug-likeness (QED) is 0.154. The van der Waals surface area contributed by atoms with Crippen LogP contribution < -0.4 is 4.90 Å². The predicted octanol–water partition coefficient (Wildman–Crippen LogP) is 2.75. The molecule has 1 heterocycles. The van der Waals surface area contributed by atoms with E-state index in [9.17, 15) is 23.1 Å². The van der Waals surface area contributed by atoms with E-state index in [4.69, 9.17) is 4.52 Å². The largest absolute Gasteiger partial charge is 0.726 e. The van der Waals surface area contributed by atoms with Crippen LogP contribution in [-0.2, 0) is 14.6 Å². The van der Waals surface area contributed by atoms with Gasteiger partial charge in [0.1, 0.15) is 5.69 Å². The van der Waals surface area contributed by atoms with Gasteiger partial charge in [0.25, 0.3) is 11.6 Å². The monoisotopic (exact) mass is 399 g/mol. The van der Waals surface area contributed by atoms with Crippen molar-refractivity contribution in [3.63, 3.8) is 0 Å². The summed E-state index contributed by atoms with van der Waals surface area (Å²) in [7, 11) is -4.82. The zero-order valence-corrected chi connectivity index (χ0v) is 15.3. The van der Waals surface area contributed by atoms with Crippen LogP contribution >= 0.6 is 0 Å². The highest BCUT2D eigenvalue weighted by atomic mass is 32.3. The summed E-state index contributed by atoms with van der Waals surface area (Å²) in [6.07, 6.45) is 1.38. The number of hydrogen-bond donors (Lipinski definition) is 0. The van der Waals surface area contributed by atoms with E-state index in [0.29, 0.717) is 6.54 Å². The summed E-state index contributed by atoms with van der Waals surface area (Å²) in [5.41, 5.74) is 0.181. The fraction of sp³-hybridized carbons (Fsp3) is 0.286. The molecule has 146 valence electrons. The van der Waals surface area contributed by atoms with Crippen LogP contribution in [0.3, 0.4) is 0 Å². The molecule has 0 spiro atoms. The summed E-state index contributed by atoms with van der Waals surface area (Å²) in [5, 5.41) is 22.4. The lowest BCUT2D eigenvalue weighted by Crippen LogP contribution is -2.28. The number of rotatable bonds is 9. The van der Waals surface area contributed by atoms with Crippen LogP contribution in [0.2, 0.25) is 0 Å². The normalized spacial score (nSPS) is 11.3. The average Bonchev–Trinajstić information content (AvgIpc) is 3.09. The number of nitrogens with zero attached hydrogens (tertiary/aromatic N) is 5. The van der Waals surface area contributed by atoms with Gasteiger partial charge < -0.3 is 14.0 Å². The molecule has 0 radical (unpaired) electrons. The third-order valence-electron chi connectivity index (χ3n) is 3.16. The van der Waals surface area contributed by atoms with Crippen molar-refractivity contribution in [2.75, 3.05) is 24.6 Å². The summed E-state index contributed by atoms with van der Waals surface area (Å²) in [5.74, 6) is 0.142. The minimum atomic E-state index is -4.82. The van der Waals surface area contributed by atoms with Crippen molar-refractivity contribution in [2.45, 2.75) is 6.92 Å². The predicted molar refractivity (Wildman–Crippen MR) is 93.7 cm³/mol. The van der Waals surface area contributed by atoms with E-state index in [2.05, 4.69) is 19.6 Å². The standard InChI is InChI=1S/C13H15N5O7S.CH3/c1-2-17(7-8-24-26(21,22)23)11-4-3-10(9-12(11)18(19)20)15-16-13-5-6-14-25-13;/h3-6,9H,2,7-8H2,1H3,(H,21,22,23);1H3/q;+1/p-1. The number of likely N-dealkylation sites (N-methyl/N-ethyl adjacent to an activating group) is 1. The van der Waals surface area contributed by atoms with Crippen LogP contribution in [0, 0.1) is 17.5 Å². The van der Waals surface area contributed by atoms with Crippen molar-refractivity contribution in [3.8, 4) is 0 Å². The Labute approximate surface area is 155 Å². The van der Waals surface area contributed by atoms with Crippen molar-refractivity contribution in [1.29, 1.82) is 0 Å². The molecule has 2 rings (SSSR count). The Balaban J connectivity index is 0.00000364. The Morgan fingerprint density at radius 2 is 2.07 bits per heavy atom. The van der Waals surface area contributed by atoms with Crippen LogP contribution in [0.5, 0.6) is 0 Å². The highest BCUT2D eigenvalue weighted by Crippen LogP contribution is 2.32. The molecule has 0 atom stereocenters. The van der Waals surface area contributed by atoms with Crippen LogP contribution in [0.1, 0.15) is 6.92 Å². The minimum Gasteiger partial charge on any atom is -0.726 e. The Morgan fingerprint density at radius 1 is 1.33 bits per heavy atom. The summed E-state index contributed by atoms with van der Waals surface area (Å²) < 4.78 is 40.3. The van der Waals surface area contributed by atoms with Gasteiger partial charge in [0.2, 0.25) is 10.4 Å². The van der Waals surface area contributed by atoms with Gasteiger partial charge in [-0.25, -0.2) is 8.42 Å². The minimum absolute atomic E-state index is 0. The lowest BCUT2D eigenvalue weighted by Gasteiger charge is -2.23. The van der Waals surface area contributed by atoms with Crippen molar-refractivity contribution in [2.24, 2.45) is 10.2 Å². The lowest BCUT2D eigenvalue weighted by molar-refractivity contribution is -0.384. The molecule has 0 saturated carbocycles. The number of aromatic nitrogens is 1. The molecule has 0 unspecified atom stereocenters. The average molecular weight is 399 g/mol. The van der Waals surface area contributed by atoms with Gasteiger partial charge in [-0.3, -0.25) is 14.3 Å². The van der Waals surface area contributed by atoms with Crippen LogP contribution in [0.4, 0.5) is 22.9 Å². The van der Waals surface area contributed by atoms with E-state index < -0.39 is 21.9 Å². The lowest BCUT2D eigenvalue weighted by atomic mass is 10.2. The van der Waals surface area contributed by atoms with E-state index in [1.165, 1.54) is 35.4 Å². The first-order valence-electron chi connectivity index (χ1n) is 7.26. The van der Waals surface area contributed by atoms with Crippen molar-refractivity contribution >= 4 is 33.3 Å². The Hall–Kier alpha value is -3.03. The van der Waals surface area contributed by atoms with Crippen molar-refractivity contribution in [1.82, 2.24) is 5.16 Å². The molecule has 2 aromatic rings. The molecule has 0 fully saturated rings. The highest BCUT2D eigenvalue weighted by Gasteiger charge is 2.19. The zero-order valence-electron chi connectivity index (χ0n) is 14.5. The van der Waals surface area contributed by atoms with Gasteiger partial charge in [0.05, 0.1) is 23.4 Å². The molecule has 0 aliphatic rings. The van der Waals surface area contributed by atoms with E-state index in [-0.39, 0.29) is 36.9 Å². The second-order valence-corrected chi connectivity index (χ2v) is 5.84. The third-order valence-corrected chi connectivity index (χ3v) is 3.61. The molecule has 27 heavy (non-hydrogen) atoms. The SMILES string of the molecule is CCN(CCOS(=O)(=O)[O-])c1ccc(N=Nc2ccno2)cc1[N+](=O)[O-].[CH3+]. The molecule has 0 aliphatic carbocycles. The number of anilines is 1. The molecule has 0 saturated heterocycles. The van der Waals surface area contributed by atoms with Crippen LogP contribution in [-0.4, -0.2) is 42.7 Å². The van der Waals surface area contributed by atoms with Crippen molar-refractivity contribution < 1.29 is 26.6 Å². The smallest absolute Gasteiger partial charge is 0.294 e. The van der Waals surface area contributed by atoms with Gasteiger partial charge >= 0.3 is 0 Å². The van der Waals surface area contributed by atoms with Gasteiger partial charge in [0.15, 0.2) is 0 Å². The van der Waals surface area contributed by atoms with Gasteiger partial charge in [-0.1, -0.05) is 5.16 Å². The van der Waals surface area contributed by atoms with Gasteiger partial charge in [-0.05, 0) is 19.1 Å². The first-order chi connectivity index (χ1) is 12.3. The Morgan fingerprint density at radius 3 is 2.63 bits per heavy atom. The highest BCUT2D eigenvalue weighted by molar-refractivity contribution is 7.80. The molecule has 12 nitrogen and oxygen atoms in total. The van der Waals surface area contributed by atoms with Gasteiger partial charge in [-0.15, -0.1) is 10.2 Å². The van der Waals surface area contributed by atoms with E-state index in [0.717, 1.165) is 0 Å². The van der Waals surface area contributed by atoms with Crippen LogP contribution in [0.15, 0.2) is 45.2 Å². The second kappa shape index (κ2) is 9.61. The summed E-state index contributed by atoms with van der Waals surface area (Å²) in [6.45, 7) is 1.58. The molecule has 0 amide bonds. The first kappa shape index (κ1) is 22.0. The number of benzene rings is 1.